The van der Waals surface area contributed by atoms with Crippen molar-refractivity contribution in [3.8, 4) is 6.01 Å². The molecule has 23 heavy (non-hydrogen) atoms. The molecule has 0 spiro atoms. The molecule has 3 rings (SSSR count). The number of hydrogen-bond donors (Lipinski definition) is 0. The van der Waals surface area contributed by atoms with Gasteiger partial charge in [0.05, 0.1) is 24.5 Å². The molecule has 2 aromatic rings. The summed E-state index contributed by atoms with van der Waals surface area (Å²) in [6.45, 7) is 0.852. The maximum absolute atomic E-state index is 13.7. The summed E-state index contributed by atoms with van der Waals surface area (Å²) in [5.41, 5.74) is 0.0474. The first-order valence-electron chi connectivity index (χ1n) is 7.31. The van der Waals surface area contributed by atoms with Crippen LogP contribution in [0.1, 0.15) is 23.2 Å². The average molecular weight is 319 g/mol. The van der Waals surface area contributed by atoms with Gasteiger partial charge >= 0.3 is 6.01 Å². The summed E-state index contributed by atoms with van der Waals surface area (Å²) >= 11 is 0. The standard InChI is InChI=1S/C16H15F2N3O2/c17-11-8-19-16(20-9-11)23-12-4-3-7-21(10-12)15(22)13-5-1-2-6-14(13)18/h1-2,5-6,8-9,12H,3-4,7,10H2. The molecule has 1 aromatic heterocycles. The molecule has 120 valence electrons. The van der Waals surface area contributed by atoms with E-state index in [9.17, 15) is 13.6 Å². The molecule has 5 nitrogen and oxygen atoms in total. The van der Waals surface area contributed by atoms with Crippen LogP contribution in [-0.4, -0.2) is 40.0 Å². The Balaban J connectivity index is 1.67. The molecule has 1 unspecified atom stereocenters. The molecule has 1 aliphatic rings. The third-order valence-electron chi connectivity index (χ3n) is 3.64. The molecule has 7 heteroatoms. The number of benzene rings is 1. The lowest BCUT2D eigenvalue weighted by molar-refractivity contribution is 0.0511. The summed E-state index contributed by atoms with van der Waals surface area (Å²) in [5.74, 6) is -1.45. The van der Waals surface area contributed by atoms with Gasteiger partial charge in [0, 0.05) is 6.54 Å². The maximum atomic E-state index is 13.7. The number of piperidine rings is 1. The third kappa shape index (κ3) is 3.61. The van der Waals surface area contributed by atoms with Gasteiger partial charge in [-0.1, -0.05) is 12.1 Å². The molecule has 0 bridgehead atoms. The molecule has 1 aliphatic heterocycles. The molecule has 1 aromatic carbocycles. The van der Waals surface area contributed by atoms with Crippen LogP contribution in [0.3, 0.4) is 0 Å². The molecule has 0 N–H and O–H groups in total. The first-order valence-corrected chi connectivity index (χ1v) is 7.31. The lowest BCUT2D eigenvalue weighted by Gasteiger charge is -2.32. The van der Waals surface area contributed by atoms with Gasteiger partial charge in [-0.3, -0.25) is 4.79 Å². The van der Waals surface area contributed by atoms with Crippen LogP contribution < -0.4 is 4.74 Å². The fourth-order valence-electron chi connectivity index (χ4n) is 2.53. The van der Waals surface area contributed by atoms with Crippen LogP contribution in [0, 0.1) is 11.6 Å². The number of rotatable bonds is 3. The number of carbonyl (C=O) groups excluding carboxylic acids is 1. The van der Waals surface area contributed by atoms with Crippen molar-refractivity contribution in [2.75, 3.05) is 13.1 Å². The Hall–Kier alpha value is -2.57. The molecule has 1 fully saturated rings. The highest BCUT2D eigenvalue weighted by molar-refractivity contribution is 5.94. The van der Waals surface area contributed by atoms with E-state index in [0.717, 1.165) is 25.2 Å². The van der Waals surface area contributed by atoms with E-state index in [4.69, 9.17) is 4.74 Å². The molecule has 0 aliphatic carbocycles. The predicted molar refractivity (Wildman–Crippen MR) is 77.9 cm³/mol. The minimum Gasteiger partial charge on any atom is -0.458 e. The van der Waals surface area contributed by atoms with Crippen LogP contribution in [-0.2, 0) is 0 Å². The first kappa shape index (κ1) is 15.3. The average Bonchev–Trinajstić information content (AvgIpc) is 2.57. The second kappa shape index (κ2) is 6.68. The van der Waals surface area contributed by atoms with Gasteiger partial charge in [0.2, 0.25) is 0 Å². The van der Waals surface area contributed by atoms with Crippen LogP contribution in [0.15, 0.2) is 36.7 Å². The zero-order chi connectivity index (χ0) is 16.2. The Morgan fingerprint density at radius 3 is 2.70 bits per heavy atom. The van der Waals surface area contributed by atoms with Crippen LogP contribution in [0.4, 0.5) is 8.78 Å². The number of likely N-dealkylation sites (tertiary alicyclic amines) is 1. The fraction of sp³-hybridized carbons (Fsp3) is 0.312. The number of hydrogen-bond acceptors (Lipinski definition) is 4. The van der Waals surface area contributed by atoms with Crippen LogP contribution in [0.5, 0.6) is 6.01 Å². The van der Waals surface area contributed by atoms with E-state index in [1.807, 2.05) is 0 Å². The van der Waals surface area contributed by atoms with Crippen molar-refractivity contribution in [1.29, 1.82) is 0 Å². The number of nitrogens with zero attached hydrogens (tertiary/aromatic N) is 3. The van der Waals surface area contributed by atoms with Crippen LogP contribution in [0.25, 0.3) is 0 Å². The summed E-state index contributed by atoms with van der Waals surface area (Å²) < 4.78 is 32.1. The zero-order valence-electron chi connectivity index (χ0n) is 12.3. The van der Waals surface area contributed by atoms with Crippen molar-refractivity contribution >= 4 is 5.91 Å². The van der Waals surface area contributed by atoms with Gasteiger partial charge < -0.3 is 9.64 Å². The Morgan fingerprint density at radius 1 is 1.22 bits per heavy atom. The number of carbonyl (C=O) groups is 1. The Bertz CT molecular complexity index is 694. The van der Waals surface area contributed by atoms with Crippen LogP contribution >= 0.6 is 0 Å². The molecule has 1 saturated heterocycles. The summed E-state index contributed by atoms with van der Waals surface area (Å²) in [5, 5.41) is 0. The van der Waals surface area contributed by atoms with E-state index in [1.165, 1.54) is 12.1 Å². The van der Waals surface area contributed by atoms with Gasteiger partial charge in [-0.05, 0) is 25.0 Å². The molecule has 1 amide bonds. The predicted octanol–water partition coefficient (Wildman–Crippen LogP) is 2.44. The molecule has 0 radical (unpaired) electrons. The van der Waals surface area contributed by atoms with E-state index >= 15 is 0 Å². The quantitative estimate of drug-likeness (QED) is 0.872. The third-order valence-corrected chi connectivity index (χ3v) is 3.64. The summed E-state index contributed by atoms with van der Waals surface area (Å²) in [6.07, 6.45) is 3.19. The molecular weight excluding hydrogens is 304 g/mol. The van der Waals surface area contributed by atoms with Gasteiger partial charge in [-0.15, -0.1) is 0 Å². The Labute approximate surface area is 131 Å². The van der Waals surface area contributed by atoms with Crippen molar-refractivity contribution in [2.24, 2.45) is 0 Å². The number of aromatic nitrogens is 2. The van der Waals surface area contributed by atoms with Gasteiger partial charge in [0.15, 0.2) is 5.82 Å². The maximum Gasteiger partial charge on any atom is 0.316 e. The molecule has 0 saturated carbocycles. The topological polar surface area (TPSA) is 55.3 Å². The summed E-state index contributed by atoms with van der Waals surface area (Å²) in [7, 11) is 0. The lowest BCUT2D eigenvalue weighted by Crippen LogP contribution is -2.44. The van der Waals surface area contributed by atoms with Crippen molar-refractivity contribution in [2.45, 2.75) is 18.9 Å². The summed E-state index contributed by atoms with van der Waals surface area (Å²) in [4.78, 5) is 21.4. The normalized spacial score (nSPS) is 17.8. The number of halogens is 2. The van der Waals surface area contributed by atoms with Crippen molar-refractivity contribution in [3.05, 3.63) is 53.9 Å². The van der Waals surface area contributed by atoms with E-state index in [0.29, 0.717) is 13.1 Å². The highest BCUT2D eigenvalue weighted by Crippen LogP contribution is 2.18. The minimum atomic E-state index is -0.544. The smallest absolute Gasteiger partial charge is 0.316 e. The van der Waals surface area contributed by atoms with E-state index in [2.05, 4.69) is 9.97 Å². The van der Waals surface area contributed by atoms with Gasteiger partial charge in [-0.25, -0.2) is 18.7 Å². The second-order valence-corrected chi connectivity index (χ2v) is 5.30. The highest BCUT2D eigenvalue weighted by Gasteiger charge is 2.27. The monoisotopic (exact) mass is 319 g/mol. The zero-order valence-corrected chi connectivity index (χ0v) is 12.3. The van der Waals surface area contributed by atoms with E-state index in [1.54, 1.807) is 17.0 Å². The molecule has 1 atom stereocenters. The van der Waals surface area contributed by atoms with E-state index in [-0.39, 0.29) is 23.6 Å². The van der Waals surface area contributed by atoms with Crippen molar-refractivity contribution in [3.63, 3.8) is 0 Å². The SMILES string of the molecule is O=C(c1ccccc1F)N1CCCC(Oc2ncc(F)cn2)C1. The minimum absolute atomic E-state index is 0.0474. The second-order valence-electron chi connectivity index (χ2n) is 5.30. The lowest BCUT2D eigenvalue weighted by atomic mass is 10.1. The van der Waals surface area contributed by atoms with Gasteiger partial charge in [-0.2, -0.15) is 0 Å². The van der Waals surface area contributed by atoms with Crippen molar-refractivity contribution < 1.29 is 18.3 Å². The number of ether oxygens (including phenoxy) is 1. The molecule has 2 heterocycles. The fourth-order valence-corrected chi connectivity index (χ4v) is 2.53. The Morgan fingerprint density at radius 2 is 1.96 bits per heavy atom. The first-order chi connectivity index (χ1) is 11.1. The van der Waals surface area contributed by atoms with Crippen molar-refractivity contribution in [1.82, 2.24) is 14.9 Å². The highest BCUT2D eigenvalue weighted by atomic mass is 19.1. The van der Waals surface area contributed by atoms with Crippen LogP contribution in [0.2, 0.25) is 0 Å². The largest absolute Gasteiger partial charge is 0.458 e. The van der Waals surface area contributed by atoms with Gasteiger partial charge in [0.25, 0.3) is 5.91 Å². The summed E-state index contributed by atoms with van der Waals surface area (Å²) in [6, 6.07) is 5.96. The van der Waals surface area contributed by atoms with E-state index < -0.39 is 11.6 Å². The number of amides is 1. The Kier molecular flexibility index (Phi) is 4.45. The van der Waals surface area contributed by atoms with Gasteiger partial charge in [0.1, 0.15) is 11.9 Å². The molecular formula is C16H15F2N3O2.